The van der Waals surface area contributed by atoms with Gasteiger partial charge in [0.15, 0.2) is 0 Å². The minimum Gasteiger partial charge on any atom is -0.381 e. The van der Waals surface area contributed by atoms with Crippen LogP contribution >= 0.6 is 12.6 Å². The van der Waals surface area contributed by atoms with Gasteiger partial charge in [0.05, 0.1) is 0 Å². The molecule has 0 N–H and O–H groups in total. The van der Waals surface area contributed by atoms with E-state index in [9.17, 15) is 0 Å². The van der Waals surface area contributed by atoms with E-state index >= 15 is 0 Å². The van der Waals surface area contributed by atoms with E-state index in [0.29, 0.717) is 6.04 Å². The molecule has 0 aromatic heterocycles. The first-order chi connectivity index (χ1) is 6.25. The monoisotopic (exact) mass is 203 g/mol. The third-order valence-corrected chi connectivity index (χ3v) is 3.16. The average Bonchev–Trinajstić information content (AvgIpc) is 2.15. The van der Waals surface area contributed by atoms with Crippen LogP contribution in [0, 0.1) is 5.92 Å². The molecule has 1 unspecified atom stereocenters. The molecular formula is C10H21NOS. The molecule has 2 nitrogen and oxygen atoms in total. The van der Waals surface area contributed by atoms with Crippen LogP contribution in [0.4, 0.5) is 0 Å². The zero-order chi connectivity index (χ0) is 9.68. The minimum atomic E-state index is 0.696. The molecule has 0 amide bonds. The van der Waals surface area contributed by atoms with E-state index in [1.165, 1.54) is 19.3 Å². The molecule has 1 fully saturated rings. The van der Waals surface area contributed by atoms with E-state index in [-0.39, 0.29) is 0 Å². The molecule has 1 saturated heterocycles. The maximum atomic E-state index is 5.37. The van der Waals surface area contributed by atoms with Crippen molar-refractivity contribution in [2.45, 2.75) is 25.3 Å². The summed E-state index contributed by atoms with van der Waals surface area (Å²) in [5.41, 5.74) is 0. The number of nitrogens with zero attached hydrogens (tertiary/aromatic N) is 1. The Morgan fingerprint density at radius 3 is 2.46 bits per heavy atom. The second kappa shape index (κ2) is 5.89. The SMILES string of the molecule is CN(C)C(CCS)C1CCOCC1. The summed E-state index contributed by atoms with van der Waals surface area (Å²) in [6.07, 6.45) is 3.63. The summed E-state index contributed by atoms with van der Waals surface area (Å²) in [5, 5.41) is 0. The quantitative estimate of drug-likeness (QED) is 0.698. The smallest absolute Gasteiger partial charge is 0.0469 e. The molecule has 0 saturated carbocycles. The molecule has 0 radical (unpaired) electrons. The van der Waals surface area contributed by atoms with Crippen molar-refractivity contribution in [2.24, 2.45) is 5.92 Å². The third kappa shape index (κ3) is 3.49. The lowest BCUT2D eigenvalue weighted by Crippen LogP contribution is -2.38. The molecule has 0 aromatic rings. The van der Waals surface area contributed by atoms with Crippen LogP contribution in [0.2, 0.25) is 0 Å². The Hall–Kier alpha value is 0.270. The van der Waals surface area contributed by atoms with Crippen molar-refractivity contribution in [2.75, 3.05) is 33.1 Å². The lowest BCUT2D eigenvalue weighted by atomic mass is 9.89. The average molecular weight is 203 g/mol. The van der Waals surface area contributed by atoms with Gasteiger partial charge in [0.25, 0.3) is 0 Å². The van der Waals surface area contributed by atoms with E-state index in [1.807, 2.05) is 0 Å². The lowest BCUT2D eigenvalue weighted by molar-refractivity contribution is 0.0362. The molecule has 13 heavy (non-hydrogen) atoms. The first kappa shape index (κ1) is 11.3. The highest BCUT2D eigenvalue weighted by molar-refractivity contribution is 7.80. The largest absolute Gasteiger partial charge is 0.381 e. The second-order valence-corrected chi connectivity index (χ2v) is 4.44. The van der Waals surface area contributed by atoms with Crippen LogP contribution in [-0.4, -0.2) is 44.0 Å². The molecule has 0 aromatic carbocycles. The Kier molecular flexibility index (Phi) is 5.14. The summed E-state index contributed by atoms with van der Waals surface area (Å²) in [5.74, 6) is 1.80. The molecule has 0 bridgehead atoms. The normalized spacial score (nSPS) is 22.2. The van der Waals surface area contributed by atoms with Gasteiger partial charge in [-0.1, -0.05) is 0 Å². The number of ether oxygens (including phenoxy) is 1. The summed E-state index contributed by atoms with van der Waals surface area (Å²) < 4.78 is 5.37. The van der Waals surface area contributed by atoms with E-state index in [4.69, 9.17) is 4.74 Å². The van der Waals surface area contributed by atoms with Gasteiger partial charge in [-0.25, -0.2) is 0 Å². The van der Waals surface area contributed by atoms with Gasteiger partial charge in [-0.3, -0.25) is 0 Å². The van der Waals surface area contributed by atoms with Crippen LogP contribution in [0.15, 0.2) is 0 Å². The van der Waals surface area contributed by atoms with Gasteiger partial charge in [-0.15, -0.1) is 0 Å². The maximum Gasteiger partial charge on any atom is 0.0469 e. The Morgan fingerprint density at radius 2 is 2.00 bits per heavy atom. The van der Waals surface area contributed by atoms with Crippen molar-refractivity contribution in [3.63, 3.8) is 0 Å². The van der Waals surface area contributed by atoms with E-state index in [2.05, 4.69) is 31.6 Å². The summed E-state index contributed by atoms with van der Waals surface area (Å²) in [6, 6.07) is 0.696. The Morgan fingerprint density at radius 1 is 1.38 bits per heavy atom. The maximum absolute atomic E-state index is 5.37. The molecule has 0 spiro atoms. The van der Waals surface area contributed by atoms with Crippen LogP contribution in [0.1, 0.15) is 19.3 Å². The number of hydrogen-bond acceptors (Lipinski definition) is 3. The van der Waals surface area contributed by atoms with Crippen LogP contribution in [0.25, 0.3) is 0 Å². The van der Waals surface area contributed by atoms with Crippen LogP contribution in [0.3, 0.4) is 0 Å². The van der Waals surface area contributed by atoms with Crippen molar-refractivity contribution < 1.29 is 4.74 Å². The molecule has 78 valence electrons. The van der Waals surface area contributed by atoms with Crippen LogP contribution < -0.4 is 0 Å². The predicted molar refractivity (Wildman–Crippen MR) is 59.5 cm³/mol. The fraction of sp³-hybridized carbons (Fsp3) is 1.00. The van der Waals surface area contributed by atoms with Gasteiger partial charge < -0.3 is 9.64 Å². The Labute approximate surface area is 87.0 Å². The Bertz CT molecular complexity index is 135. The van der Waals surface area contributed by atoms with Crippen LogP contribution in [-0.2, 0) is 4.74 Å². The lowest BCUT2D eigenvalue weighted by Gasteiger charge is -2.34. The molecule has 0 aliphatic carbocycles. The van der Waals surface area contributed by atoms with Gasteiger partial charge in [-0.2, -0.15) is 12.6 Å². The van der Waals surface area contributed by atoms with Crippen molar-refractivity contribution in [1.82, 2.24) is 4.90 Å². The van der Waals surface area contributed by atoms with Crippen molar-refractivity contribution >= 4 is 12.6 Å². The van der Waals surface area contributed by atoms with Crippen molar-refractivity contribution in [3.8, 4) is 0 Å². The van der Waals surface area contributed by atoms with Gasteiger partial charge in [-0.05, 0) is 45.0 Å². The molecule has 1 aliphatic rings. The van der Waals surface area contributed by atoms with Crippen molar-refractivity contribution in [3.05, 3.63) is 0 Å². The van der Waals surface area contributed by atoms with E-state index in [0.717, 1.165) is 24.9 Å². The second-order valence-electron chi connectivity index (χ2n) is 3.99. The van der Waals surface area contributed by atoms with Gasteiger partial charge in [0.1, 0.15) is 0 Å². The Balaban J connectivity index is 2.41. The van der Waals surface area contributed by atoms with Gasteiger partial charge in [0, 0.05) is 19.3 Å². The standard InChI is InChI=1S/C10H21NOS/c1-11(2)10(5-8-13)9-3-6-12-7-4-9/h9-10,13H,3-8H2,1-2H3. The van der Waals surface area contributed by atoms with E-state index in [1.54, 1.807) is 0 Å². The minimum absolute atomic E-state index is 0.696. The molecule has 3 heteroatoms. The van der Waals surface area contributed by atoms with Gasteiger partial charge >= 0.3 is 0 Å². The molecular weight excluding hydrogens is 182 g/mol. The zero-order valence-corrected chi connectivity index (χ0v) is 9.59. The molecule has 1 heterocycles. The summed E-state index contributed by atoms with van der Waals surface area (Å²) in [4.78, 5) is 2.34. The summed E-state index contributed by atoms with van der Waals surface area (Å²) in [6.45, 7) is 1.89. The summed E-state index contributed by atoms with van der Waals surface area (Å²) in [7, 11) is 4.34. The number of hydrogen-bond donors (Lipinski definition) is 1. The van der Waals surface area contributed by atoms with Crippen molar-refractivity contribution in [1.29, 1.82) is 0 Å². The summed E-state index contributed by atoms with van der Waals surface area (Å²) >= 11 is 4.32. The van der Waals surface area contributed by atoms with E-state index < -0.39 is 0 Å². The highest BCUT2D eigenvalue weighted by atomic mass is 32.1. The van der Waals surface area contributed by atoms with Crippen LogP contribution in [0.5, 0.6) is 0 Å². The number of thiol groups is 1. The first-order valence-electron chi connectivity index (χ1n) is 5.10. The molecule has 1 aliphatic heterocycles. The topological polar surface area (TPSA) is 12.5 Å². The molecule has 1 rings (SSSR count). The first-order valence-corrected chi connectivity index (χ1v) is 5.74. The highest BCUT2D eigenvalue weighted by Gasteiger charge is 2.24. The third-order valence-electron chi connectivity index (χ3n) is 2.90. The number of rotatable bonds is 4. The fourth-order valence-electron chi connectivity index (χ4n) is 2.15. The zero-order valence-electron chi connectivity index (χ0n) is 8.70. The van der Waals surface area contributed by atoms with Gasteiger partial charge in [0.2, 0.25) is 0 Å². The molecule has 1 atom stereocenters. The fourth-order valence-corrected chi connectivity index (χ4v) is 2.41. The highest BCUT2D eigenvalue weighted by Crippen LogP contribution is 2.23. The predicted octanol–water partition coefficient (Wildman–Crippen LogP) is 1.66.